The third kappa shape index (κ3) is 4.45. The van der Waals surface area contributed by atoms with Gasteiger partial charge in [0, 0.05) is 17.6 Å². The minimum atomic E-state index is -0.527. The van der Waals surface area contributed by atoms with Crippen LogP contribution in [0.5, 0.6) is 0 Å². The molecule has 0 aliphatic carbocycles. The summed E-state index contributed by atoms with van der Waals surface area (Å²) in [7, 11) is 1.30. The van der Waals surface area contributed by atoms with Crippen molar-refractivity contribution in [1.82, 2.24) is 0 Å². The first-order chi connectivity index (χ1) is 11.6. The van der Waals surface area contributed by atoms with Crippen LogP contribution < -0.4 is 10.6 Å². The highest BCUT2D eigenvalue weighted by molar-refractivity contribution is 6.06. The van der Waals surface area contributed by atoms with Gasteiger partial charge in [-0.2, -0.15) is 5.26 Å². The zero-order chi connectivity index (χ0) is 17.4. The number of anilines is 2. The third-order valence-corrected chi connectivity index (χ3v) is 3.06. The Morgan fingerprint density at radius 2 is 1.79 bits per heavy atom. The summed E-state index contributed by atoms with van der Waals surface area (Å²) in [6.07, 6.45) is 1.29. The Morgan fingerprint density at radius 3 is 2.46 bits per heavy atom. The monoisotopic (exact) mass is 321 g/mol. The van der Waals surface area contributed by atoms with Gasteiger partial charge in [-0.1, -0.05) is 24.3 Å². The Kier molecular flexibility index (Phi) is 5.70. The van der Waals surface area contributed by atoms with Crippen molar-refractivity contribution in [3.8, 4) is 6.07 Å². The highest BCUT2D eigenvalue weighted by Crippen LogP contribution is 2.13. The molecule has 0 saturated carbocycles. The molecule has 24 heavy (non-hydrogen) atoms. The van der Waals surface area contributed by atoms with Gasteiger partial charge in [0.15, 0.2) is 0 Å². The summed E-state index contributed by atoms with van der Waals surface area (Å²) in [5.74, 6) is -0.995. The minimum Gasteiger partial charge on any atom is -0.465 e. The number of para-hydroxylation sites is 1. The third-order valence-electron chi connectivity index (χ3n) is 3.06. The fraction of sp³-hybridized carbons (Fsp3) is 0.0556. The molecule has 120 valence electrons. The maximum atomic E-state index is 12.1. The lowest BCUT2D eigenvalue weighted by atomic mass is 10.2. The maximum Gasteiger partial charge on any atom is 0.337 e. The number of hydrogen-bond donors (Lipinski definition) is 2. The zero-order valence-corrected chi connectivity index (χ0v) is 12.9. The van der Waals surface area contributed by atoms with Crippen LogP contribution in [0.25, 0.3) is 0 Å². The number of hydrogen-bond acceptors (Lipinski definition) is 5. The number of carbonyl (C=O) groups is 2. The zero-order valence-electron chi connectivity index (χ0n) is 12.9. The number of nitriles is 1. The molecule has 1 amide bonds. The lowest BCUT2D eigenvalue weighted by Crippen LogP contribution is -2.14. The van der Waals surface area contributed by atoms with Crippen LogP contribution in [0.3, 0.4) is 0 Å². The molecule has 2 rings (SSSR count). The molecule has 0 bridgehead atoms. The van der Waals surface area contributed by atoms with E-state index in [-0.39, 0.29) is 5.57 Å². The van der Waals surface area contributed by atoms with E-state index in [2.05, 4.69) is 15.4 Å². The first-order valence-corrected chi connectivity index (χ1v) is 7.05. The molecule has 0 radical (unpaired) electrons. The lowest BCUT2D eigenvalue weighted by Gasteiger charge is -2.06. The van der Waals surface area contributed by atoms with E-state index in [0.717, 1.165) is 0 Å². The van der Waals surface area contributed by atoms with Gasteiger partial charge >= 0.3 is 5.97 Å². The first-order valence-electron chi connectivity index (χ1n) is 7.05. The molecule has 0 aliphatic rings. The molecule has 2 aromatic rings. The van der Waals surface area contributed by atoms with Crippen molar-refractivity contribution in [2.45, 2.75) is 0 Å². The van der Waals surface area contributed by atoms with E-state index in [1.54, 1.807) is 48.5 Å². The number of methoxy groups -OCH3 is 1. The summed E-state index contributed by atoms with van der Waals surface area (Å²) in [5.41, 5.74) is 1.42. The van der Waals surface area contributed by atoms with Crippen molar-refractivity contribution in [2.75, 3.05) is 17.7 Å². The molecule has 0 aromatic heterocycles. The van der Waals surface area contributed by atoms with Crippen LogP contribution in [-0.4, -0.2) is 19.0 Å². The Balaban J connectivity index is 2.10. The molecule has 0 saturated heterocycles. The fourth-order valence-electron chi connectivity index (χ4n) is 1.88. The standard InChI is InChI=1S/C18H15N3O3/c1-24-18(23)13-6-5-9-16(10-13)20-12-14(11-19)17(22)21-15-7-3-2-4-8-15/h2-10,12,20H,1H3,(H,21,22)/b14-12+. The summed E-state index contributed by atoms with van der Waals surface area (Å²) in [6, 6.07) is 17.2. The first kappa shape index (κ1) is 16.8. The van der Waals surface area contributed by atoms with E-state index < -0.39 is 11.9 Å². The van der Waals surface area contributed by atoms with Gasteiger partial charge in [0.2, 0.25) is 0 Å². The average molecular weight is 321 g/mol. The molecule has 0 atom stereocenters. The molecule has 0 unspecified atom stereocenters. The number of benzene rings is 2. The number of ether oxygens (including phenoxy) is 1. The Labute approximate surface area is 139 Å². The highest BCUT2D eigenvalue weighted by atomic mass is 16.5. The smallest absolute Gasteiger partial charge is 0.337 e. The van der Waals surface area contributed by atoms with Gasteiger partial charge in [0.1, 0.15) is 11.6 Å². The molecular formula is C18H15N3O3. The van der Waals surface area contributed by atoms with Crippen LogP contribution in [-0.2, 0) is 9.53 Å². The van der Waals surface area contributed by atoms with Crippen molar-refractivity contribution < 1.29 is 14.3 Å². The average Bonchev–Trinajstić information content (AvgIpc) is 2.62. The largest absolute Gasteiger partial charge is 0.465 e. The predicted molar refractivity (Wildman–Crippen MR) is 90.2 cm³/mol. The molecule has 6 nitrogen and oxygen atoms in total. The van der Waals surface area contributed by atoms with E-state index in [1.165, 1.54) is 13.3 Å². The predicted octanol–water partition coefficient (Wildman–Crippen LogP) is 2.93. The Hall–Kier alpha value is -3.59. The number of nitrogens with zero attached hydrogens (tertiary/aromatic N) is 1. The van der Waals surface area contributed by atoms with Crippen molar-refractivity contribution in [3.05, 3.63) is 71.9 Å². The SMILES string of the molecule is COC(=O)c1cccc(N/C=C(\C#N)C(=O)Nc2ccccc2)c1. The van der Waals surface area contributed by atoms with Crippen LogP contribution in [0.2, 0.25) is 0 Å². The van der Waals surface area contributed by atoms with Gasteiger partial charge in [-0.15, -0.1) is 0 Å². The Bertz CT molecular complexity index is 808. The second kappa shape index (κ2) is 8.15. The van der Waals surface area contributed by atoms with Crippen LogP contribution in [0.15, 0.2) is 66.4 Å². The van der Waals surface area contributed by atoms with Gasteiger partial charge in [-0.05, 0) is 30.3 Å². The van der Waals surface area contributed by atoms with Crippen molar-refractivity contribution in [3.63, 3.8) is 0 Å². The van der Waals surface area contributed by atoms with E-state index in [4.69, 9.17) is 5.26 Å². The quantitative estimate of drug-likeness (QED) is 0.502. The molecule has 2 aromatic carbocycles. The molecule has 2 N–H and O–H groups in total. The van der Waals surface area contributed by atoms with E-state index in [1.807, 2.05) is 12.1 Å². The van der Waals surface area contributed by atoms with Gasteiger partial charge in [-0.25, -0.2) is 4.79 Å². The van der Waals surface area contributed by atoms with Gasteiger partial charge in [0.25, 0.3) is 5.91 Å². The van der Waals surface area contributed by atoms with Gasteiger partial charge in [-0.3, -0.25) is 4.79 Å². The number of carbonyl (C=O) groups excluding carboxylic acids is 2. The molecule has 0 fully saturated rings. The fourth-order valence-corrected chi connectivity index (χ4v) is 1.88. The summed E-state index contributed by atoms with van der Waals surface area (Å²) < 4.78 is 4.64. The van der Waals surface area contributed by atoms with E-state index in [9.17, 15) is 9.59 Å². The van der Waals surface area contributed by atoms with E-state index >= 15 is 0 Å². The molecule has 0 spiro atoms. The molecule has 0 aliphatic heterocycles. The van der Waals surface area contributed by atoms with E-state index in [0.29, 0.717) is 16.9 Å². The minimum absolute atomic E-state index is 0.0951. The number of nitrogens with one attached hydrogen (secondary N) is 2. The van der Waals surface area contributed by atoms with Gasteiger partial charge in [0.05, 0.1) is 12.7 Å². The summed E-state index contributed by atoms with van der Waals surface area (Å²) in [4.78, 5) is 23.6. The second-order valence-corrected chi connectivity index (χ2v) is 4.71. The second-order valence-electron chi connectivity index (χ2n) is 4.71. The number of esters is 1. The normalized spacial score (nSPS) is 10.4. The molecule has 6 heteroatoms. The number of rotatable bonds is 5. The Morgan fingerprint density at radius 1 is 1.08 bits per heavy atom. The van der Waals surface area contributed by atoms with Crippen LogP contribution in [0.4, 0.5) is 11.4 Å². The van der Waals surface area contributed by atoms with Crippen molar-refractivity contribution in [1.29, 1.82) is 5.26 Å². The number of amides is 1. The van der Waals surface area contributed by atoms with Crippen LogP contribution >= 0.6 is 0 Å². The van der Waals surface area contributed by atoms with Crippen LogP contribution in [0.1, 0.15) is 10.4 Å². The topological polar surface area (TPSA) is 91.2 Å². The summed E-state index contributed by atoms with van der Waals surface area (Å²) in [5, 5.41) is 14.6. The van der Waals surface area contributed by atoms with Crippen molar-refractivity contribution >= 4 is 23.3 Å². The lowest BCUT2D eigenvalue weighted by molar-refractivity contribution is -0.112. The maximum absolute atomic E-state index is 12.1. The summed E-state index contributed by atoms with van der Waals surface area (Å²) >= 11 is 0. The molecular weight excluding hydrogens is 306 g/mol. The molecule has 0 heterocycles. The summed E-state index contributed by atoms with van der Waals surface area (Å²) in [6.45, 7) is 0. The van der Waals surface area contributed by atoms with Gasteiger partial charge < -0.3 is 15.4 Å². The van der Waals surface area contributed by atoms with Crippen molar-refractivity contribution in [2.24, 2.45) is 0 Å². The van der Waals surface area contributed by atoms with Crippen LogP contribution in [0, 0.1) is 11.3 Å². The highest BCUT2D eigenvalue weighted by Gasteiger charge is 2.09.